The Morgan fingerprint density at radius 1 is 0.956 bits per heavy atom. The molecule has 5 aromatic rings. The summed E-state index contributed by atoms with van der Waals surface area (Å²) in [6.07, 6.45) is 5.79. The number of para-hydroxylation sites is 2. The van der Waals surface area contributed by atoms with Gasteiger partial charge in [-0.2, -0.15) is 5.10 Å². The van der Waals surface area contributed by atoms with Crippen molar-refractivity contribution < 1.29 is 9.53 Å². The summed E-state index contributed by atoms with van der Waals surface area (Å²) in [6, 6.07) is 25.2. The minimum atomic E-state index is -0.342. The Hall–Kier alpha value is -4.67. The molecule has 1 saturated heterocycles. The number of thioether (sulfide) groups is 1. The molecule has 45 heavy (non-hydrogen) atoms. The zero-order valence-electron chi connectivity index (χ0n) is 25.6. The molecule has 2 aromatic heterocycles. The van der Waals surface area contributed by atoms with Crippen molar-refractivity contribution in [1.29, 1.82) is 0 Å². The molecule has 3 heterocycles. The molecule has 3 aromatic carbocycles. The number of hydrogen-bond acceptors (Lipinski definition) is 6. The van der Waals surface area contributed by atoms with Crippen LogP contribution in [0.5, 0.6) is 5.75 Å². The van der Waals surface area contributed by atoms with Crippen LogP contribution >= 0.6 is 24.0 Å². The molecular weight excluding hydrogens is 603 g/mol. The average Bonchev–Trinajstić information content (AvgIpc) is 3.66. The highest BCUT2D eigenvalue weighted by atomic mass is 32.2. The lowest BCUT2D eigenvalue weighted by atomic mass is 10.0. The highest BCUT2D eigenvalue weighted by Crippen LogP contribution is 2.38. The number of benzene rings is 3. The number of ether oxygens (including phenoxy) is 1. The number of carbonyl (C=O) groups excluding carboxylic acids is 1. The monoisotopic (exact) mass is 635 g/mol. The predicted molar refractivity (Wildman–Crippen MR) is 186 cm³/mol. The quantitative estimate of drug-likeness (QED) is 0.0967. The maximum Gasteiger partial charge on any atom is 0.296 e. The number of hydrogen-bond donors (Lipinski definition) is 0. The van der Waals surface area contributed by atoms with Crippen LogP contribution in [0.15, 0.2) is 94.8 Å². The van der Waals surface area contributed by atoms with Crippen LogP contribution in [-0.2, 0) is 11.8 Å². The lowest BCUT2D eigenvalue weighted by Gasteiger charge is -2.12. The van der Waals surface area contributed by atoms with Crippen LogP contribution < -0.4 is 15.2 Å². The third-order valence-electron chi connectivity index (χ3n) is 7.79. The van der Waals surface area contributed by atoms with Crippen molar-refractivity contribution in [1.82, 2.24) is 19.1 Å². The van der Waals surface area contributed by atoms with Crippen molar-refractivity contribution in [3.05, 3.63) is 117 Å². The maximum absolute atomic E-state index is 14.0. The van der Waals surface area contributed by atoms with Crippen LogP contribution in [-0.4, -0.2) is 36.0 Å². The molecule has 0 aliphatic carbocycles. The van der Waals surface area contributed by atoms with Gasteiger partial charge in [0.25, 0.3) is 11.5 Å². The molecule has 1 amide bonds. The first kappa shape index (κ1) is 30.4. The van der Waals surface area contributed by atoms with Crippen LogP contribution in [0, 0.1) is 13.8 Å². The fourth-order valence-corrected chi connectivity index (χ4v) is 6.59. The Labute approximate surface area is 271 Å². The second-order valence-electron chi connectivity index (χ2n) is 10.8. The topological polar surface area (TPSA) is 74.3 Å². The molecule has 10 heteroatoms. The van der Waals surface area contributed by atoms with E-state index in [9.17, 15) is 9.59 Å². The second-order valence-corrected chi connectivity index (χ2v) is 12.5. The van der Waals surface area contributed by atoms with E-state index in [1.165, 1.54) is 16.7 Å². The molecule has 228 valence electrons. The zero-order chi connectivity index (χ0) is 31.7. The van der Waals surface area contributed by atoms with Crippen molar-refractivity contribution in [2.75, 3.05) is 11.5 Å². The van der Waals surface area contributed by atoms with Gasteiger partial charge in [0.15, 0.2) is 4.32 Å². The van der Waals surface area contributed by atoms with Crippen LogP contribution in [0.2, 0.25) is 0 Å². The molecular formula is C35H33N5O3S2. The third kappa shape index (κ3) is 5.79. The SMILES string of the molecule is CCCCOc1ccc(-c2nn(-c3ccccc3)cc2/C=C2\SC(=S)N(c3c(C)n(C)n(-c4ccccc4)c3=O)C2=O)cc1C. The van der Waals surface area contributed by atoms with Crippen molar-refractivity contribution in [2.24, 2.45) is 7.05 Å². The van der Waals surface area contributed by atoms with E-state index in [2.05, 4.69) is 13.0 Å². The Kier molecular flexibility index (Phi) is 8.60. The summed E-state index contributed by atoms with van der Waals surface area (Å²) in [7, 11) is 1.80. The van der Waals surface area contributed by atoms with Gasteiger partial charge in [0.2, 0.25) is 0 Å². The van der Waals surface area contributed by atoms with Gasteiger partial charge in [-0.25, -0.2) is 9.36 Å². The largest absolute Gasteiger partial charge is 0.493 e. The summed E-state index contributed by atoms with van der Waals surface area (Å²) in [5.74, 6) is 0.502. The lowest BCUT2D eigenvalue weighted by molar-refractivity contribution is -0.113. The van der Waals surface area contributed by atoms with E-state index in [1.54, 1.807) is 16.4 Å². The van der Waals surface area contributed by atoms with E-state index < -0.39 is 0 Å². The first-order valence-electron chi connectivity index (χ1n) is 14.8. The number of carbonyl (C=O) groups is 1. The maximum atomic E-state index is 14.0. The van der Waals surface area contributed by atoms with Crippen molar-refractivity contribution >= 4 is 46.0 Å². The van der Waals surface area contributed by atoms with Gasteiger partial charge in [0, 0.05) is 24.4 Å². The number of aryl methyl sites for hydroxylation is 1. The number of nitrogens with zero attached hydrogens (tertiary/aromatic N) is 5. The number of aromatic nitrogens is 4. The highest BCUT2D eigenvalue weighted by molar-refractivity contribution is 8.27. The Balaban J connectivity index is 1.40. The molecule has 0 unspecified atom stereocenters. The molecule has 1 aliphatic heterocycles. The highest BCUT2D eigenvalue weighted by Gasteiger charge is 2.38. The van der Waals surface area contributed by atoms with Gasteiger partial charge in [-0.05, 0) is 74.4 Å². The standard InChI is InChI=1S/C35H33N5O3S2/c1-5-6-19-43-29-18-17-25(20-23(29)2)31-26(22-38(36-31)27-13-9-7-10-14-27)21-30-33(41)39(35(44)45-30)32-24(3)37(4)40(34(32)42)28-15-11-8-12-16-28/h7-18,20-22H,5-6,19H2,1-4H3/b30-21-. The van der Waals surface area contributed by atoms with Crippen LogP contribution in [0.3, 0.4) is 0 Å². The second kappa shape index (κ2) is 12.7. The number of thiocarbonyl (C=S) groups is 1. The Bertz CT molecular complexity index is 1990. The number of rotatable bonds is 9. The van der Waals surface area contributed by atoms with Crippen molar-refractivity contribution in [3.63, 3.8) is 0 Å². The molecule has 8 nitrogen and oxygen atoms in total. The first-order chi connectivity index (χ1) is 21.8. The fraction of sp³-hybridized carbons (Fsp3) is 0.200. The summed E-state index contributed by atoms with van der Waals surface area (Å²) in [5.41, 5.74) is 5.55. The molecule has 0 bridgehead atoms. The summed E-state index contributed by atoms with van der Waals surface area (Å²) in [5, 5.41) is 4.94. The molecule has 0 radical (unpaired) electrons. The Morgan fingerprint density at radius 3 is 2.31 bits per heavy atom. The van der Waals surface area contributed by atoms with E-state index >= 15 is 0 Å². The van der Waals surface area contributed by atoms with E-state index in [0.29, 0.717) is 27.2 Å². The van der Waals surface area contributed by atoms with Crippen molar-refractivity contribution in [2.45, 2.75) is 33.6 Å². The van der Waals surface area contributed by atoms with Gasteiger partial charge in [-0.3, -0.25) is 19.2 Å². The van der Waals surface area contributed by atoms with Gasteiger partial charge < -0.3 is 4.74 Å². The predicted octanol–water partition coefficient (Wildman–Crippen LogP) is 7.23. The molecule has 0 spiro atoms. The fourth-order valence-electron chi connectivity index (χ4n) is 5.33. The van der Waals surface area contributed by atoms with E-state index in [4.69, 9.17) is 22.1 Å². The van der Waals surface area contributed by atoms with Gasteiger partial charge in [0.1, 0.15) is 17.1 Å². The minimum Gasteiger partial charge on any atom is -0.493 e. The van der Waals surface area contributed by atoms with Gasteiger partial charge in [0.05, 0.1) is 28.6 Å². The number of unbranched alkanes of at least 4 members (excludes halogenated alkanes) is 1. The van der Waals surface area contributed by atoms with Gasteiger partial charge >= 0.3 is 0 Å². The van der Waals surface area contributed by atoms with Crippen molar-refractivity contribution in [3.8, 4) is 28.4 Å². The lowest BCUT2D eigenvalue weighted by Crippen LogP contribution is -2.33. The summed E-state index contributed by atoms with van der Waals surface area (Å²) in [4.78, 5) is 29.5. The third-order valence-corrected chi connectivity index (χ3v) is 9.10. The summed E-state index contributed by atoms with van der Waals surface area (Å²) in [6.45, 7) is 6.65. The van der Waals surface area contributed by atoms with E-state index in [0.717, 1.165) is 46.7 Å². The van der Waals surface area contributed by atoms with Crippen LogP contribution in [0.1, 0.15) is 36.6 Å². The number of amides is 1. The van der Waals surface area contributed by atoms with E-state index in [1.807, 2.05) is 104 Å². The average molecular weight is 636 g/mol. The minimum absolute atomic E-state index is 0.252. The molecule has 0 saturated carbocycles. The van der Waals surface area contributed by atoms with Gasteiger partial charge in [-0.15, -0.1) is 0 Å². The number of anilines is 1. The molecule has 6 rings (SSSR count). The Morgan fingerprint density at radius 2 is 1.64 bits per heavy atom. The molecule has 1 aliphatic rings. The molecule has 0 atom stereocenters. The summed E-state index contributed by atoms with van der Waals surface area (Å²) >= 11 is 6.88. The smallest absolute Gasteiger partial charge is 0.296 e. The first-order valence-corrected chi connectivity index (χ1v) is 16.0. The molecule has 0 N–H and O–H groups in total. The van der Waals surface area contributed by atoms with Crippen LogP contribution in [0.25, 0.3) is 28.7 Å². The normalized spacial score (nSPS) is 14.1. The molecule has 1 fully saturated rings. The van der Waals surface area contributed by atoms with E-state index in [-0.39, 0.29) is 17.2 Å². The van der Waals surface area contributed by atoms with Gasteiger partial charge in [-0.1, -0.05) is 73.7 Å². The van der Waals surface area contributed by atoms with Crippen LogP contribution in [0.4, 0.5) is 5.69 Å². The zero-order valence-corrected chi connectivity index (χ0v) is 27.2. The summed E-state index contributed by atoms with van der Waals surface area (Å²) < 4.78 is 11.4.